The summed E-state index contributed by atoms with van der Waals surface area (Å²) in [6, 6.07) is 9.28. The van der Waals surface area contributed by atoms with Gasteiger partial charge in [0.05, 0.1) is 17.9 Å². The van der Waals surface area contributed by atoms with Crippen molar-refractivity contribution in [3.05, 3.63) is 59.7 Å². The van der Waals surface area contributed by atoms with Crippen LogP contribution in [-0.2, 0) is 14.3 Å². The molecule has 0 spiro atoms. The smallest absolute Gasteiger partial charge is 0.340 e. The van der Waals surface area contributed by atoms with Gasteiger partial charge in [-0.05, 0) is 45.0 Å². The van der Waals surface area contributed by atoms with Crippen molar-refractivity contribution in [2.24, 2.45) is 5.41 Å². The number of hydrogen-bond donors (Lipinski definition) is 2. The fraction of sp³-hybridized carbons (Fsp3) is 0.250. The molecule has 0 aliphatic heterocycles. The normalized spacial score (nSPS) is 10.9. The van der Waals surface area contributed by atoms with Crippen molar-refractivity contribution < 1.29 is 27.9 Å². The predicted octanol–water partition coefficient (Wildman–Crippen LogP) is 3.74. The monoisotopic (exact) mass is 390 g/mol. The van der Waals surface area contributed by atoms with Crippen LogP contribution in [0.15, 0.2) is 42.5 Å². The molecule has 0 fully saturated rings. The van der Waals surface area contributed by atoms with Gasteiger partial charge in [0.1, 0.15) is 22.7 Å². The minimum atomic E-state index is -1.70. The number of anilines is 2. The average molecular weight is 390 g/mol. The SMILES string of the molecule is CCOC(=O)c1ccccc1NC(=O)C(C)(C)C(=O)Nc1c(F)cccc1F. The molecule has 6 nitrogen and oxygen atoms in total. The lowest BCUT2D eigenvalue weighted by Gasteiger charge is -2.23. The van der Waals surface area contributed by atoms with E-state index in [-0.39, 0.29) is 17.9 Å². The third-order valence-corrected chi connectivity index (χ3v) is 4.01. The molecule has 0 saturated carbocycles. The van der Waals surface area contributed by atoms with Crippen LogP contribution in [0.3, 0.4) is 0 Å². The Balaban J connectivity index is 2.21. The molecule has 0 atom stereocenters. The first-order valence-corrected chi connectivity index (χ1v) is 8.51. The Morgan fingerprint density at radius 3 is 2.11 bits per heavy atom. The van der Waals surface area contributed by atoms with E-state index >= 15 is 0 Å². The highest BCUT2D eigenvalue weighted by atomic mass is 19.1. The van der Waals surface area contributed by atoms with Gasteiger partial charge >= 0.3 is 5.97 Å². The van der Waals surface area contributed by atoms with Crippen LogP contribution in [0.1, 0.15) is 31.1 Å². The van der Waals surface area contributed by atoms with Crippen LogP contribution in [0.2, 0.25) is 0 Å². The lowest BCUT2D eigenvalue weighted by atomic mass is 9.90. The fourth-order valence-electron chi connectivity index (χ4n) is 2.25. The standard InChI is InChI=1S/C20H20F2N2O4/c1-4-28-17(25)12-8-5-6-11-15(12)23-18(26)20(2,3)19(27)24-16-13(21)9-7-10-14(16)22/h5-11H,4H2,1-3H3,(H,23,26)(H,24,27). The van der Waals surface area contributed by atoms with Crippen molar-refractivity contribution in [1.82, 2.24) is 0 Å². The summed E-state index contributed by atoms with van der Waals surface area (Å²) >= 11 is 0. The summed E-state index contributed by atoms with van der Waals surface area (Å²) in [5, 5.41) is 4.60. The highest BCUT2D eigenvalue weighted by Crippen LogP contribution is 2.25. The first kappa shape index (κ1) is 21.0. The molecular formula is C20H20F2N2O4. The lowest BCUT2D eigenvalue weighted by molar-refractivity contribution is -0.135. The van der Waals surface area contributed by atoms with E-state index in [1.807, 2.05) is 0 Å². The molecule has 0 bridgehead atoms. The van der Waals surface area contributed by atoms with E-state index in [1.54, 1.807) is 19.1 Å². The number of para-hydroxylation sites is 2. The zero-order chi connectivity index (χ0) is 20.9. The Bertz CT molecular complexity index is 893. The molecule has 0 aromatic heterocycles. The summed E-state index contributed by atoms with van der Waals surface area (Å²) in [4.78, 5) is 37.2. The Labute approximate surface area is 160 Å². The van der Waals surface area contributed by atoms with Crippen LogP contribution in [-0.4, -0.2) is 24.4 Å². The van der Waals surface area contributed by atoms with Crippen LogP contribution in [0.5, 0.6) is 0 Å². The molecule has 2 aromatic carbocycles. The van der Waals surface area contributed by atoms with E-state index in [0.29, 0.717) is 0 Å². The van der Waals surface area contributed by atoms with Crippen molar-refractivity contribution >= 4 is 29.2 Å². The maximum absolute atomic E-state index is 13.8. The number of esters is 1. The van der Waals surface area contributed by atoms with Crippen molar-refractivity contribution in [3.63, 3.8) is 0 Å². The number of benzene rings is 2. The molecule has 2 amide bonds. The van der Waals surface area contributed by atoms with Crippen LogP contribution >= 0.6 is 0 Å². The summed E-state index contributed by atoms with van der Waals surface area (Å²) in [5.41, 5.74) is -2.06. The Morgan fingerprint density at radius 2 is 1.50 bits per heavy atom. The number of carbonyl (C=O) groups is 3. The summed E-state index contributed by atoms with van der Waals surface area (Å²) < 4.78 is 32.4. The number of rotatable bonds is 6. The highest BCUT2D eigenvalue weighted by Gasteiger charge is 2.37. The van der Waals surface area contributed by atoms with Gasteiger partial charge in [-0.2, -0.15) is 0 Å². The lowest BCUT2D eigenvalue weighted by Crippen LogP contribution is -2.42. The summed E-state index contributed by atoms with van der Waals surface area (Å²) in [6.07, 6.45) is 0. The second-order valence-corrected chi connectivity index (χ2v) is 6.40. The summed E-state index contributed by atoms with van der Waals surface area (Å²) in [7, 11) is 0. The van der Waals surface area contributed by atoms with Gasteiger partial charge in [-0.3, -0.25) is 9.59 Å². The van der Waals surface area contributed by atoms with Crippen LogP contribution < -0.4 is 10.6 Å². The van der Waals surface area contributed by atoms with E-state index in [0.717, 1.165) is 18.2 Å². The second-order valence-electron chi connectivity index (χ2n) is 6.40. The van der Waals surface area contributed by atoms with E-state index in [1.165, 1.54) is 26.0 Å². The van der Waals surface area contributed by atoms with Gasteiger partial charge in [-0.15, -0.1) is 0 Å². The third-order valence-electron chi connectivity index (χ3n) is 4.01. The number of halogens is 2. The minimum absolute atomic E-state index is 0.119. The average Bonchev–Trinajstić information content (AvgIpc) is 2.65. The highest BCUT2D eigenvalue weighted by molar-refractivity contribution is 6.15. The topological polar surface area (TPSA) is 84.5 Å². The zero-order valence-corrected chi connectivity index (χ0v) is 15.6. The molecule has 0 saturated heterocycles. The molecule has 0 unspecified atom stereocenters. The van der Waals surface area contributed by atoms with Gasteiger partial charge in [0, 0.05) is 0 Å². The second kappa shape index (κ2) is 8.60. The molecule has 148 valence electrons. The number of ether oxygens (including phenoxy) is 1. The largest absolute Gasteiger partial charge is 0.462 e. The Morgan fingerprint density at radius 1 is 0.929 bits per heavy atom. The predicted molar refractivity (Wildman–Crippen MR) is 99.8 cm³/mol. The first-order valence-electron chi connectivity index (χ1n) is 8.51. The quantitative estimate of drug-likeness (QED) is 0.581. The number of amides is 2. The molecule has 0 aliphatic rings. The van der Waals surface area contributed by atoms with E-state index < -0.39 is 40.5 Å². The Kier molecular flexibility index (Phi) is 6.45. The summed E-state index contributed by atoms with van der Waals surface area (Å²) in [5.74, 6) is -4.23. The van der Waals surface area contributed by atoms with Crippen molar-refractivity contribution in [3.8, 4) is 0 Å². The molecule has 2 aromatic rings. The molecule has 2 N–H and O–H groups in total. The number of nitrogens with one attached hydrogen (secondary N) is 2. The van der Waals surface area contributed by atoms with Gasteiger partial charge in [-0.25, -0.2) is 13.6 Å². The number of carbonyl (C=O) groups excluding carboxylic acids is 3. The number of hydrogen-bond acceptors (Lipinski definition) is 4. The molecule has 8 heteroatoms. The maximum atomic E-state index is 13.8. The van der Waals surface area contributed by atoms with Crippen molar-refractivity contribution in [2.75, 3.05) is 17.2 Å². The minimum Gasteiger partial charge on any atom is -0.462 e. The van der Waals surface area contributed by atoms with Crippen molar-refractivity contribution in [2.45, 2.75) is 20.8 Å². The molecule has 0 radical (unpaired) electrons. The fourth-order valence-corrected chi connectivity index (χ4v) is 2.25. The summed E-state index contributed by atoms with van der Waals surface area (Å²) in [6.45, 7) is 4.39. The van der Waals surface area contributed by atoms with Crippen LogP contribution in [0.25, 0.3) is 0 Å². The van der Waals surface area contributed by atoms with Crippen LogP contribution in [0, 0.1) is 17.0 Å². The Hall–Kier alpha value is -3.29. The third kappa shape index (κ3) is 4.51. The van der Waals surface area contributed by atoms with Crippen LogP contribution in [0.4, 0.5) is 20.2 Å². The van der Waals surface area contributed by atoms with Gasteiger partial charge in [0.2, 0.25) is 11.8 Å². The zero-order valence-electron chi connectivity index (χ0n) is 15.6. The molecular weight excluding hydrogens is 370 g/mol. The first-order chi connectivity index (χ1) is 13.2. The van der Waals surface area contributed by atoms with Gasteiger partial charge in [-0.1, -0.05) is 18.2 Å². The molecule has 0 aliphatic carbocycles. The molecule has 0 heterocycles. The van der Waals surface area contributed by atoms with Crippen molar-refractivity contribution in [1.29, 1.82) is 0 Å². The van der Waals surface area contributed by atoms with Gasteiger partial charge < -0.3 is 15.4 Å². The van der Waals surface area contributed by atoms with E-state index in [2.05, 4.69) is 10.6 Å². The molecule has 28 heavy (non-hydrogen) atoms. The molecule has 2 rings (SSSR count). The van der Waals surface area contributed by atoms with Gasteiger partial charge in [0.25, 0.3) is 0 Å². The maximum Gasteiger partial charge on any atom is 0.340 e. The van der Waals surface area contributed by atoms with E-state index in [4.69, 9.17) is 4.74 Å². The van der Waals surface area contributed by atoms with Gasteiger partial charge in [0.15, 0.2) is 0 Å². The van der Waals surface area contributed by atoms with E-state index in [9.17, 15) is 23.2 Å².